The number of aliphatic imine (C=N–C) groups is 1. The van der Waals surface area contributed by atoms with Crippen molar-refractivity contribution in [2.45, 2.75) is 6.18 Å². The van der Waals surface area contributed by atoms with E-state index < -0.39 is 44.8 Å². The molecule has 1 aromatic heterocycles. The van der Waals surface area contributed by atoms with Crippen molar-refractivity contribution in [3.8, 4) is 17.8 Å². The number of ether oxygens (including phenoxy) is 1. The molecule has 0 saturated carbocycles. The van der Waals surface area contributed by atoms with Gasteiger partial charge in [0, 0.05) is 6.21 Å². The highest BCUT2D eigenvalue weighted by molar-refractivity contribution is 6.38. The van der Waals surface area contributed by atoms with Gasteiger partial charge in [0.15, 0.2) is 11.4 Å². The summed E-state index contributed by atoms with van der Waals surface area (Å²) in [6.07, 6.45) is -3.80. The molecule has 31 heavy (non-hydrogen) atoms. The SMILES string of the molecule is COC(=O)c1nn(-c2c(Cl)cc(C(F)(F)F)cc2Cl)c(Cl)c1C=N/C(C#N)=C(\N)C#N. The number of carbonyl (C=O) groups excluding carboxylic acids is 1. The number of hydrogen-bond acceptors (Lipinski definition) is 7. The average Bonchev–Trinajstić information content (AvgIpc) is 3.02. The van der Waals surface area contributed by atoms with Crippen LogP contribution >= 0.6 is 34.8 Å². The minimum absolute atomic E-state index is 0.195. The Hall–Kier alpha value is -3.25. The van der Waals surface area contributed by atoms with E-state index in [1.54, 1.807) is 6.07 Å². The zero-order chi connectivity index (χ0) is 23.5. The molecule has 0 aliphatic heterocycles. The number of aromatic nitrogens is 2. The molecule has 160 valence electrons. The fraction of sp³-hybridized carbons (Fsp3) is 0.118. The van der Waals surface area contributed by atoms with Gasteiger partial charge in [0.1, 0.15) is 28.7 Å². The maximum absolute atomic E-state index is 13.0. The predicted octanol–water partition coefficient (Wildman–Crippen LogP) is 4.27. The Morgan fingerprint density at radius 1 is 1.26 bits per heavy atom. The summed E-state index contributed by atoms with van der Waals surface area (Å²) in [7, 11) is 1.04. The molecule has 8 nitrogen and oxygen atoms in total. The summed E-state index contributed by atoms with van der Waals surface area (Å²) in [5.74, 6) is -0.989. The van der Waals surface area contributed by atoms with Crippen LogP contribution in [0, 0.1) is 22.7 Å². The summed E-state index contributed by atoms with van der Waals surface area (Å²) >= 11 is 18.2. The third kappa shape index (κ3) is 4.91. The summed E-state index contributed by atoms with van der Waals surface area (Å²) in [6, 6.07) is 4.32. The van der Waals surface area contributed by atoms with Gasteiger partial charge in [-0.05, 0) is 12.1 Å². The van der Waals surface area contributed by atoms with Gasteiger partial charge >= 0.3 is 12.1 Å². The minimum atomic E-state index is -4.71. The van der Waals surface area contributed by atoms with Gasteiger partial charge in [0.25, 0.3) is 0 Å². The van der Waals surface area contributed by atoms with Gasteiger partial charge in [-0.15, -0.1) is 0 Å². The Morgan fingerprint density at radius 3 is 2.29 bits per heavy atom. The van der Waals surface area contributed by atoms with Gasteiger partial charge in [-0.3, -0.25) is 0 Å². The zero-order valence-electron chi connectivity index (χ0n) is 15.1. The van der Waals surface area contributed by atoms with Gasteiger partial charge in [-0.2, -0.15) is 28.8 Å². The molecule has 2 N–H and O–H groups in total. The van der Waals surface area contributed by atoms with Gasteiger partial charge in [0.2, 0.25) is 0 Å². The Kier molecular flexibility index (Phi) is 7.18. The second kappa shape index (κ2) is 9.27. The lowest BCUT2D eigenvalue weighted by Crippen LogP contribution is -2.08. The number of nitrogens with two attached hydrogens (primary N) is 1. The number of carbonyl (C=O) groups is 1. The second-order valence-corrected chi connectivity index (χ2v) is 6.66. The first-order valence-electron chi connectivity index (χ1n) is 7.73. The molecule has 0 fully saturated rings. The maximum atomic E-state index is 13.0. The number of halogens is 6. The van der Waals surface area contributed by atoms with Crippen molar-refractivity contribution in [2.75, 3.05) is 7.11 Å². The van der Waals surface area contributed by atoms with Crippen molar-refractivity contribution >= 4 is 47.0 Å². The van der Waals surface area contributed by atoms with Crippen LogP contribution in [0.5, 0.6) is 0 Å². The smallest absolute Gasteiger partial charge is 0.416 e. The molecule has 0 bridgehead atoms. The van der Waals surface area contributed by atoms with Gasteiger partial charge in [0.05, 0.1) is 28.3 Å². The summed E-state index contributed by atoms with van der Waals surface area (Å²) in [5, 5.41) is 20.4. The van der Waals surface area contributed by atoms with Crippen LogP contribution in [0.2, 0.25) is 15.2 Å². The highest BCUT2D eigenvalue weighted by Gasteiger charge is 2.33. The van der Waals surface area contributed by atoms with E-state index in [1.165, 1.54) is 6.07 Å². The van der Waals surface area contributed by atoms with E-state index in [9.17, 15) is 18.0 Å². The molecule has 0 radical (unpaired) electrons. The summed E-state index contributed by atoms with van der Waals surface area (Å²) in [4.78, 5) is 15.8. The predicted molar refractivity (Wildman–Crippen MR) is 105 cm³/mol. The van der Waals surface area contributed by atoms with Crippen molar-refractivity contribution in [3.63, 3.8) is 0 Å². The normalized spacial score (nSPS) is 12.3. The average molecular weight is 492 g/mol. The first-order valence-corrected chi connectivity index (χ1v) is 8.87. The Bertz CT molecular complexity index is 1180. The molecule has 0 amide bonds. The van der Waals surface area contributed by atoms with E-state index in [4.69, 9.17) is 51.1 Å². The van der Waals surface area contributed by atoms with E-state index in [0.717, 1.165) is 18.0 Å². The summed E-state index contributed by atoms with van der Waals surface area (Å²) in [5.41, 5.74) is 2.39. The Labute approximate surface area is 187 Å². The fourth-order valence-electron chi connectivity index (χ4n) is 2.19. The van der Waals surface area contributed by atoms with Crippen molar-refractivity contribution in [3.05, 3.63) is 55.5 Å². The molecule has 0 aliphatic carbocycles. The van der Waals surface area contributed by atoms with Crippen LogP contribution in [-0.4, -0.2) is 29.1 Å². The number of alkyl halides is 3. The van der Waals surface area contributed by atoms with Crippen LogP contribution in [0.25, 0.3) is 5.69 Å². The van der Waals surface area contributed by atoms with Crippen LogP contribution in [0.3, 0.4) is 0 Å². The molecule has 0 spiro atoms. The van der Waals surface area contributed by atoms with Crippen molar-refractivity contribution < 1.29 is 22.7 Å². The van der Waals surface area contributed by atoms with Crippen LogP contribution in [0.1, 0.15) is 21.6 Å². The van der Waals surface area contributed by atoms with Crippen molar-refractivity contribution in [1.82, 2.24) is 9.78 Å². The van der Waals surface area contributed by atoms with Gasteiger partial charge in [-0.25, -0.2) is 14.5 Å². The van der Waals surface area contributed by atoms with E-state index in [1.807, 2.05) is 0 Å². The molecule has 14 heteroatoms. The second-order valence-electron chi connectivity index (χ2n) is 5.49. The van der Waals surface area contributed by atoms with E-state index in [-0.39, 0.29) is 16.4 Å². The molecule has 2 aromatic rings. The number of methoxy groups -OCH3 is 1. The third-order valence-electron chi connectivity index (χ3n) is 3.60. The zero-order valence-corrected chi connectivity index (χ0v) is 17.4. The van der Waals surface area contributed by atoms with E-state index in [0.29, 0.717) is 12.1 Å². The van der Waals surface area contributed by atoms with E-state index in [2.05, 4.69) is 14.8 Å². The number of hydrogen-bond donors (Lipinski definition) is 1. The highest BCUT2D eigenvalue weighted by atomic mass is 35.5. The quantitative estimate of drug-likeness (QED) is 0.386. The summed E-state index contributed by atoms with van der Waals surface area (Å²) < 4.78 is 44.3. The molecule has 2 rings (SSSR count). The summed E-state index contributed by atoms with van der Waals surface area (Å²) in [6.45, 7) is 0. The Balaban J connectivity index is 2.75. The first kappa shape index (κ1) is 24.0. The van der Waals surface area contributed by atoms with Crippen LogP contribution < -0.4 is 5.73 Å². The number of esters is 1. The fourth-order valence-corrected chi connectivity index (χ4v) is 3.10. The van der Waals surface area contributed by atoms with Crippen LogP contribution in [0.15, 0.2) is 28.5 Å². The lowest BCUT2D eigenvalue weighted by Gasteiger charge is -2.12. The molecular weight excluding hydrogens is 484 g/mol. The largest absolute Gasteiger partial charge is 0.464 e. The lowest BCUT2D eigenvalue weighted by molar-refractivity contribution is -0.137. The topological polar surface area (TPSA) is 130 Å². The lowest BCUT2D eigenvalue weighted by atomic mass is 10.2. The molecule has 0 aliphatic rings. The minimum Gasteiger partial charge on any atom is -0.464 e. The van der Waals surface area contributed by atoms with Crippen molar-refractivity contribution in [2.24, 2.45) is 10.7 Å². The number of nitriles is 2. The number of benzene rings is 1. The van der Waals surface area contributed by atoms with E-state index >= 15 is 0 Å². The third-order valence-corrected chi connectivity index (χ3v) is 4.54. The highest BCUT2D eigenvalue weighted by Crippen LogP contribution is 2.39. The van der Waals surface area contributed by atoms with Gasteiger partial charge in [-0.1, -0.05) is 34.8 Å². The van der Waals surface area contributed by atoms with Gasteiger partial charge < -0.3 is 10.5 Å². The molecule has 1 aromatic carbocycles. The molecule has 0 unspecified atom stereocenters. The molecule has 0 atom stereocenters. The standard InChI is InChI=1S/C17H8Cl3F3N6O2/c1-31-16(30)13-8(6-27-12(5-25)11(26)4-24)15(20)29(28-13)14-9(18)2-7(3-10(14)19)17(21,22)23/h2-3,6H,26H2,1H3/b12-11-,27-6?. The monoisotopic (exact) mass is 490 g/mol. The van der Waals surface area contributed by atoms with Crippen molar-refractivity contribution in [1.29, 1.82) is 10.5 Å². The maximum Gasteiger partial charge on any atom is 0.416 e. The Morgan fingerprint density at radius 2 is 1.84 bits per heavy atom. The number of allylic oxidation sites excluding steroid dienone is 2. The molecular formula is C17H8Cl3F3N6O2. The van der Waals surface area contributed by atoms with Crippen LogP contribution in [0.4, 0.5) is 13.2 Å². The molecule has 0 saturated heterocycles. The first-order chi connectivity index (χ1) is 14.5. The number of rotatable bonds is 4. The molecule has 1 heterocycles. The van der Waals surface area contributed by atoms with Crippen LogP contribution in [-0.2, 0) is 10.9 Å². The number of nitrogens with zero attached hydrogens (tertiary/aromatic N) is 5.